The molecule has 1 saturated heterocycles. The van der Waals surface area contributed by atoms with Crippen molar-refractivity contribution in [1.29, 1.82) is 0 Å². The van der Waals surface area contributed by atoms with Gasteiger partial charge in [-0.2, -0.15) is 0 Å². The molecule has 0 radical (unpaired) electrons. The first-order valence-corrected chi connectivity index (χ1v) is 8.30. The van der Waals surface area contributed by atoms with Crippen molar-refractivity contribution in [2.24, 2.45) is 11.7 Å². The Bertz CT molecular complexity index is 708. The molecule has 7 heteroatoms. The number of hydrogen-bond donors (Lipinski definition) is 1. The first-order chi connectivity index (χ1) is 11.6. The van der Waals surface area contributed by atoms with E-state index in [0.29, 0.717) is 18.9 Å². The van der Waals surface area contributed by atoms with Crippen LogP contribution in [0.3, 0.4) is 0 Å². The Morgan fingerprint density at radius 1 is 1.42 bits per heavy atom. The van der Waals surface area contributed by atoms with Crippen molar-refractivity contribution in [2.45, 2.75) is 33.1 Å². The molecule has 0 aliphatic carbocycles. The molecule has 24 heavy (non-hydrogen) atoms. The second-order valence-electron chi connectivity index (χ2n) is 6.33. The van der Waals surface area contributed by atoms with Gasteiger partial charge in [0.05, 0.1) is 17.0 Å². The fraction of sp³-hybridized carbons (Fsp3) is 0.529. The quantitative estimate of drug-likeness (QED) is 0.892. The van der Waals surface area contributed by atoms with E-state index in [1.165, 1.54) is 0 Å². The lowest BCUT2D eigenvalue weighted by Crippen LogP contribution is -2.30. The van der Waals surface area contributed by atoms with Gasteiger partial charge in [-0.1, -0.05) is 5.16 Å². The maximum Gasteiger partial charge on any atom is 0.223 e. The average Bonchev–Trinajstić information content (AvgIpc) is 3.15. The van der Waals surface area contributed by atoms with E-state index in [-0.39, 0.29) is 5.91 Å². The number of nitrogens with two attached hydrogens (primary N) is 1. The summed E-state index contributed by atoms with van der Waals surface area (Å²) in [6, 6.07) is 2.00. The summed E-state index contributed by atoms with van der Waals surface area (Å²) in [5.41, 5.74) is 9.05. The highest BCUT2D eigenvalue weighted by molar-refractivity contribution is 5.76. The van der Waals surface area contributed by atoms with Gasteiger partial charge >= 0.3 is 0 Å². The van der Waals surface area contributed by atoms with Gasteiger partial charge in [-0.25, -0.2) is 9.97 Å². The molecule has 128 valence electrons. The highest BCUT2D eigenvalue weighted by atomic mass is 16.5. The zero-order chi connectivity index (χ0) is 17.1. The van der Waals surface area contributed by atoms with Crippen molar-refractivity contribution >= 4 is 5.91 Å². The van der Waals surface area contributed by atoms with Crippen LogP contribution in [0.25, 0.3) is 11.3 Å². The number of aromatic nitrogens is 3. The maximum absolute atomic E-state index is 11.9. The second-order valence-corrected chi connectivity index (χ2v) is 6.33. The van der Waals surface area contributed by atoms with Crippen LogP contribution in [0.1, 0.15) is 30.0 Å². The molecule has 0 bridgehead atoms. The standard InChI is InChI=1S/C17H23N5O2/c1-11-17(12(2)24-21-11)15-8-14(19-10-20-15)7-13-4-6-22(9-13)16(23)3-5-18/h8,10,13H,3-7,9,18H2,1-2H3/t13-/m0/s1. The summed E-state index contributed by atoms with van der Waals surface area (Å²) in [5.74, 6) is 1.34. The molecule has 1 aliphatic heterocycles. The Morgan fingerprint density at radius 3 is 2.96 bits per heavy atom. The number of likely N-dealkylation sites (tertiary alicyclic amines) is 1. The van der Waals surface area contributed by atoms with E-state index >= 15 is 0 Å². The molecule has 3 heterocycles. The normalized spacial score (nSPS) is 17.5. The maximum atomic E-state index is 11.9. The highest BCUT2D eigenvalue weighted by Crippen LogP contribution is 2.26. The summed E-state index contributed by atoms with van der Waals surface area (Å²) in [7, 11) is 0. The van der Waals surface area contributed by atoms with Crippen molar-refractivity contribution < 1.29 is 9.32 Å². The van der Waals surface area contributed by atoms with Gasteiger partial charge in [-0.05, 0) is 38.7 Å². The molecule has 2 N–H and O–H groups in total. The third-order valence-electron chi connectivity index (χ3n) is 4.51. The number of carbonyl (C=O) groups excluding carboxylic acids is 1. The summed E-state index contributed by atoms with van der Waals surface area (Å²) in [6.45, 7) is 5.79. The van der Waals surface area contributed by atoms with E-state index < -0.39 is 0 Å². The third-order valence-corrected chi connectivity index (χ3v) is 4.51. The van der Waals surface area contributed by atoms with Crippen molar-refractivity contribution in [2.75, 3.05) is 19.6 Å². The molecule has 2 aromatic rings. The number of aryl methyl sites for hydroxylation is 2. The molecule has 1 atom stereocenters. The average molecular weight is 329 g/mol. The summed E-state index contributed by atoms with van der Waals surface area (Å²) in [6.07, 6.45) is 3.85. The monoisotopic (exact) mass is 329 g/mol. The van der Waals surface area contributed by atoms with E-state index in [1.807, 2.05) is 24.8 Å². The van der Waals surface area contributed by atoms with Crippen LogP contribution in [-0.4, -0.2) is 45.6 Å². The highest BCUT2D eigenvalue weighted by Gasteiger charge is 2.26. The van der Waals surface area contributed by atoms with Crippen LogP contribution in [0.5, 0.6) is 0 Å². The van der Waals surface area contributed by atoms with Gasteiger partial charge in [0.1, 0.15) is 12.1 Å². The minimum Gasteiger partial charge on any atom is -0.361 e. The molecule has 7 nitrogen and oxygen atoms in total. The van der Waals surface area contributed by atoms with Crippen LogP contribution < -0.4 is 5.73 Å². The lowest BCUT2D eigenvalue weighted by Gasteiger charge is -2.16. The van der Waals surface area contributed by atoms with E-state index in [4.69, 9.17) is 10.3 Å². The van der Waals surface area contributed by atoms with Crippen molar-refractivity contribution in [3.8, 4) is 11.3 Å². The molecular formula is C17H23N5O2. The molecule has 0 aromatic carbocycles. The Kier molecular flexibility index (Phi) is 4.89. The summed E-state index contributed by atoms with van der Waals surface area (Å²) in [4.78, 5) is 22.6. The lowest BCUT2D eigenvalue weighted by molar-refractivity contribution is -0.130. The summed E-state index contributed by atoms with van der Waals surface area (Å²) in [5, 5.41) is 3.98. The molecule has 1 aliphatic rings. The minimum absolute atomic E-state index is 0.152. The second kappa shape index (κ2) is 7.09. The van der Waals surface area contributed by atoms with Gasteiger partial charge in [0.25, 0.3) is 0 Å². The van der Waals surface area contributed by atoms with Gasteiger partial charge in [-0.3, -0.25) is 4.79 Å². The number of amides is 1. The molecular weight excluding hydrogens is 306 g/mol. The van der Waals surface area contributed by atoms with Crippen molar-refractivity contribution in [3.05, 3.63) is 29.5 Å². The third kappa shape index (κ3) is 3.46. The fourth-order valence-electron chi connectivity index (χ4n) is 3.30. The van der Waals surface area contributed by atoms with Crippen LogP contribution in [0.4, 0.5) is 0 Å². The SMILES string of the molecule is Cc1noc(C)c1-c1cc(C[C@@H]2CCN(C(=O)CCN)C2)ncn1. The molecule has 0 spiro atoms. The lowest BCUT2D eigenvalue weighted by atomic mass is 10.0. The Morgan fingerprint density at radius 2 is 2.25 bits per heavy atom. The predicted octanol–water partition coefficient (Wildman–Crippen LogP) is 1.49. The van der Waals surface area contributed by atoms with Gasteiger partial charge in [-0.15, -0.1) is 0 Å². The Labute approximate surface area is 141 Å². The number of carbonyl (C=O) groups is 1. The summed E-state index contributed by atoms with van der Waals surface area (Å²) < 4.78 is 5.22. The first kappa shape index (κ1) is 16.6. The van der Waals surface area contributed by atoms with Gasteiger partial charge in [0.15, 0.2) is 0 Å². The van der Waals surface area contributed by atoms with Crippen LogP contribution in [0.15, 0.2) is 16.9 Å². The zero-order valence-electron chi connectivity index (χ0n) is 14.2. The van der Waals surface area contributed by atoms with Crippen molar-refractivity contribution in [3.63, 3.8) is 0 Å². The Balaban J connectivity index is 1.69. The van der Waals surface area contributed by atoms with E-state index in [9.17, 15) is 4.79 Å². The zero-order valence-corrected chi connectivity index (χ0v) is 14.2. The molecule has 0 saturated carbocycles. The first-order valence-electron chi connectivity index (χ1n) is 8.30. The Hall–Kier alpha value is -2.28. The molecule has 0 unspecified atom stereocenters. The number of hydrogen-bond acceptors (Lipinski definition) is 6. The number of rotatable bonds is 5. The van der Waals surface area contributed by atoms with Gasteiger partial charge in [0, 0.05) is 31.7 Å². The molecule has 1 amide bonds. The van der Waals surface area contributed by atoms with Crippen LogP contribution in [0.2, 0.25) is 0 Å². The van der Waals surface area contributed by atoms with Crippen molar-refractivity contribution in [1.82, 2.24) is 20.0 Å². The molecule has 3 rings (SSSR count). The smallest absolute Gasteiger partial charge is 0.223 e. The number of nitrogens with zero attached hydrogens (tertiary/aromatic N) is 4. The van der Waals surface area contributed by atoms with Gasteiger partial charge in [0.2, 0.25) is 5.91 Å². The predicted molar refractivity (Wildman–Crippen MR) is 89.1 cm³/mol. The van der Waals surface area contributed by atoms with E-state index in [1.54, 1.807) is 6.33 Å². The van der Waals surface area contributed by atoms with Crippen LogP contribution in [0, 0.1) is 19.8 Å². The fourth-order valence-corrected chi connectivity index (χ4v) is 3.30. The van der Waals surface area contributed by atoms with E-state index in [2.05, 4.69) is 15.1 Å². The van der Waals surface area contributed by atoms with Crippen LogP contribution >= 0.6 is 0 Å². The largest absolute Gasteiger partial charge is 0.361 e. The molecule has 2 aromatic heterocycles. The topological polar surface area (TPSA) is 98.1 Å². The molecule has 1 fully saturated rings. The van der Waals surface area contributed by atoms with Crippen LogP contribution in [-0.2, 0) is 11.2 Å². The minimum atomic E-state index is 0.152. The van der Waals surface area contributed by atoms with Gasteiger partial charge < -0.3 is 15.2 Å². The van der Waals surface area contributed by atoms with E-state index in [0.717, 1.165) is 54.3 Å². The summed E-state index contributed by atoms with van der Waals surface area (Å²) >= 11 is 0.